The molecule has 0 saturated heterocycles. The molecule has 0 N–H and O–H groups in total. The standard InChI is InChI=1S/C56H57NS2/c1-5-9-18-38(8-4)35-40-29-34-47-48-25-14-27-51(55(48)58-53(47)37-40)57(44-32-30-42(31-33-44)46-23-12-20-41-19-10-11-22-45(41)46)52-28-15-26-50-49-24-13-21-43(54(49)59-56(50)52)36-39(16-6-2)17-7-3/h10-15,19-34,37-39H,5-9,16-18,35-36H2,1-4H3. The van der Waals surface area contributed by atoms with Gasteiger partial charge in [-0.25, -0.2) is 0 Å². The molecule has 59 heavy (non-hydrogen) atoms. The van der Waals surface area contributed by atoms with Gasteiger partial charge in [-0.2, -0.15) is 0 Å². The lowest BCUT2D eigenvalue weighted by Crippen LogP contribution is -2.10. The van der Waals surface area contributed by atoms with Crippen molar-refractivity contribution in [2.75, 3.05) is 4.90 Å². The lowest BCUT2D eigenvalue weighted by molar-refractivity contribution is 0.439. The van der Waals surface area contributed by atoms with Gasteiger partial charge in [0.2, 0.25) is 0 Å². The van der Waals surface area contributed by atoms with Crippen molar-refractivity contribution in [1.29, 1.82) is 0 Å². The molecule has 0 fully saturated rings. The predicted molar refractivity (Wildman–Crippen MR) is 264 cm³/mol. The summed E-state index contributed by atoms with van der Waals surface area (Å²) in [5, 5.41) is 8.00. The van der Waals surface area contributed by atoms with Gasteiger partial charge in [0.25, 0.3) is 0 Å². The first-order valence-corrected chi connectivity index (χ1v) is 24.0. The topological polar surface area (TPSA) is 3.24 Å². The van der Waals surface area contributed by atoms with Gasteiger partial charge >= 0.3 is 0 Å². The third-order valence-corrected chi connectivity index (χ3v) is 15.3. The van der Waals surface area contributed by atoms with Crippen LogP contribution < -0.4 is 4.90 Å². The molecule has 0 amide bonds. The third-order valence-electron chi connectivity index (χ3n) is 12.8. The summed E-state index contributed by atoms with van der Waals surface area (Å²) in [6.45, 7) is 9.35. The minimum absolute atomic E-state index is 0.729. The van der Waals surface area contributed by atoms with Crippen LogP contribution in [0.15, 0.2) is 140 Å². The number of nitrogens with zero attached hydrogens (tertiary/aromatic N) is 1. The number of hydrogen-bond acceptors (Lipinski definition) is 3. The van der Waals surface area contributed by atoms with Crippen LogP contribution in [0, 0.1) is 11.8 Å². The Labute approximate surface area is 359 Å². The summed E-state index contributed by atoms with van der Waals surface area (Å²) in [6.07, 6.45) is 12.5. The van der Waals surface area contributed by atoms with Crippen molar-refractivity contribution in [3.63, 3.8) is 0 Å². The fraction of sp³-hybridized carbons (Fsp3) is 0.286. The highest BCUT2D eigenvalue weighted by Crippen LogP contribution is 2.50. The molecule has 0 radical (unpaired) electrons. The van der Waals surface area contributed by atoms with E-state index in [-0.39, 0.29) is 0 Å². The number of anilines is 3. The quantitative estimate of drug-likeness (QED) is 0.0940. The Bertz CT molecular complexity index is 2850. The first kappa shape index (κ1) is 39.5. The van der Waals surface area contributed by atoms with E-state index in [0.717, 1.165) is 24.7 Å². The van der Waals surface area contributed by atoms with E-state index in [9.17, 15) is 0 Å². The van der Waals surface area contributed by atoms with E-state index < -0.39 is 0 Å². The summed E-state index contributed by atoms with van der Waals surface area (Å²) in [5.41, 5.74) is 9.16. The molecule has 2 aromatic heterocycles. The Balaban J connectivity index is 1.21. The van der Waals surface area contributed by atoms with Crippen molar-refractivity contribution in [3.05, 3.63) is 151 Å². The molecule has 1 unspecified atom stereocenters. The zero-order valence-electron chi connectivity index (χ0n) is 35.3. The zero-order valence-corrected chi connectivity index (χ0v) is 36.9. The van der Waals surface area contributed by atoms with Gasteiger partial charge in [-0.3, -0.25) is 0 Å². The van der Waals surface area contributed by atoms with Crippen molar-refractivity contribution in [2.45, 2.75) is 91.9 Å². The zero-order chi connectivity index (χ0) is 40.3. The van der Waals surface area contributed by atoms with Crippen LogP contribution in [0.3, 0.4) is 0 Å². The van der Waals surface area contributed by atoms with Gasteiger partial charge in [-0.1, -0.05) is 188 Å². The molecule has 0 spiro atoms. The summed E-state index contributed by atoms with van der Waals surface area (Å²) in [7, 11) is 0. The predicted octanol–water partition coefficient (Wildman–Crippen LogP) is 18.2. The van der Waals surface area contributed by atoms with Crippen LogP contribution in [0.5, 0.6) is 0 Å². The first-order valence-electron chi connectivity index (χ1n) is 22.3. The Morgan fingerprint density at radius 2 is 1.14 bits per heavy atom. The van der Waals surface area contributed by atoms with Crippen LogP contribution in [0.1, 0.15) is 90.2 Å². The summed E-state index contributed by atoms with van der Waals surface area (Å²) in [5.74, 6) is 1.48. The second kappa shape index (κ2) is 17.7. The van der Waals surface area contributed by atoms with Gasteiger partial charge in [-0.05, 0) is 88.0 Å². The highest BCUT2D eigenvalue weighted by molar-refractivity contribution is 7.27. The maximum absolute atomic E-state index is 2.57. The molecule has 0 aliphatic carbocycles. The van der Waals surface area contributed by atoms with E-state index in [1.807, 2.05) is 22.7 Å². The van der Waals surface area contributed by atoms with Crippen LogP contribution in [0.4, 0.5) is 17.1 Å². The van der Waals surface area contributed by atoms with Gasteiger partial charge in [0.15, 0.2) is 0 Å². The highest BCUT2D eigenvalue weighted by Gasteiger charge is 2.23. The van der Waals surface area contributed by atoms with E-state index in [0.29, 0.717) is 0 Å². The Morgan fingerprint density at radius 3 is 1.86 bits per heavy atom. The summed E-state index contributed by atoms with van der Waals surface area (Å²) >= 11 is 3.96. The maximum atomic E-state index is 2.57. The van der Waals surface area contributed by atoms with Crippen LogP contribution >= 0.6 is 22.7 Å². The molecule has 0 saturated carbocycles. The molecule has 3 heteroatoms. The average molecular weight is 808 g/mol. The molecule has 2 heterocycles. The number of fused-ring (bicyclic) bond motifs is 7. The van der Waals surface area contributed by atoms with Crippen LogP contribution in [0.2, 0.25) is 0 Å². The molecular weight excluding hydrogens is 751 g/mol. The maximum Gasteiger partial charge on any atom is 0.0640 e. The van der Waals surface area contributed by atoms with E-state index >= 15 is 0 Å². The minimum Gasteiger partial charge on any atom is -0.308 e. The second-order valence-corrected chi connectivity index (χ2v) is 18.9. The van der Waals surface area contributed by atoms with Crippen LogP contribution in [-0.2, 0) is 12.8 Å². The van der Waals surface area contributed by atoms with E-state index in [1.165, 1.54) is 142 Å². The first-order chi connectivity index (χ1) is 29.1. The van der Waals surface area contributed by atoms with E-state index in [1.54, 1.807) is 0 Å². The summed E-state index contributed by atoms with van der Waals surface area (Å²) in [4.78, 5) is 2.57. The SMILES string of the molecule is CCCCC(CC)Cc1ccc2c(c1)sc1c(N(c3ccc(-c4cccc5ccccc45)cc3)c3cccc4c3sc3c(CC(CCC)CCC)cccc34)cccc12. The van der Waals surface area contributed by atoms with Gasteiger partial charge in [0, 0.05) is 36.6 Å². The van der Waals surface area contributed by atoms with Crippen LogP contribution in [-0.4, -0.2) is 0 Å². The fourth-order valence-corrected chi connectivity index (χ4v) is 12.4. The van der Waals surface area contributed by atoms with Gasteiger partial charge in [0.05, 0.1) is 20.8 Å². The van der Waals surface area contributed by atoms with E-state index in [4.69, 9.17) is 0 Å². The normalized spacial score (nSPS) is 12.5. The molecule has 9 rings (SSSR count). The smallest absolute Gasteiger partial charge is 0.0640 e. The fourth-order valence-electron chi connectivity index (χ4n) is 9.76. The number of rotatable bonds is 16. The molecule has 0 bridgehead atoms. The molecule has 0 aliphatic rings. The third kappa shape index (κ3) is 7.81. The van der Waals surface area contributed by atoms with Crippen LogP contribution in [0.25, 0.3) is 62.2 Å². The average Bonchev–Trinajstić information content (AvgIpc) is 3.85. The molecule has 7 aromatic carbocycles. The van der Waals surface area contributed by atoms with Gasteiger partial charge in [-0.15, -0.1) is 22.7 Å². The number of hydrogen-bond donors (Lipinski definition) is 0. The Hall–Kier alpha value is -4.96. The molecule has 1 nitrogen and oxygen atoms in total. The number of thiophene rings is 2. The highest BCUT2D eigenvalue weighted by atomic mass is 32.1. The Kier molecular flexibility index (Phi) is 11.9. The lowest BCUT2D eigenvalue weighted by atomic mass is 9.90. The largest absolute Gasteiger partial charge is 0.308 e. The van der Waals surface area contributed by atoms with Gasteiger partial charge < -0.3 is 4.90 Å². The number of benzene rings is 7. The molecule has 298 valence electrons. The van der Waals surface area contributed by atoms with Crippen molar-refractivity contribution in [2.24, 2.45) is 11.8 Å². The van der Waals surface area contributed by atoms with Crippen molar-refractivity contribution < 1.29 is 0 Å². The summed E-state index contributed by atoms with van der Waals surface area (Å²) in [6, 6.07) is 53.1. The molecule has 9 aromatic rings. The molecule has 1 atom stereocenters. The second-order valence-electron chi connectivity index (χ2n) is 16.8. The van der Waals surface area contributed by atoms with Crippen molar-refractivity contribution >= 4 is 90.9 Å². The van der Waals surface area contributed by atoms with Crippen molar-refractivity contribution in [3.8, 4) is 11.1 Å². The number of unbranched alkanes of at least 4 members (excludes halogenated alkanes) is 1. The minimum atomic E-state index is 0.729. The lowest BCUT2D eigenvalue weighted by Gasteiger charge is -2.27. The molecular formula is C56H57NS2. The summed E-state index contributed by atoms with van der Waals surface area (Å²) < 4.78 is 5.54. The van der Waals surface area contributed by atoms with Gasteiger partial charge in [0.1, 0.15) is 0 Å². The van der Waals surface area contributed by atoms with E-state index in [2.05, 4.69) is 172 Å². The molecule has 0 aliphatic heterocycles. The monoisotopic (exact) mass is 807 g/mol. The Morgan fingerprint density at radius 1 is 0.492 bits per heavy atom. The van der Waals surface area contributed by atoms with Crippen molar-refractivity contribution in [1.82, 2.24) is 0 Å².